The molecule has 1 aliphatic heterocycles. The van der Waals surface area contributed by atoms with E-state index in [0.29, 0.717) is 28.8 Å². The Morgan fingerprint density at radius 3 is 2.00 bits per heavy atom. The summed E-state index contributed by atoms with van der Waals surface area (Å²) >= 11 is 0. The largest absolute Gasteiger partial charge is 0.497 e. The first-order valence-corrected chi connectivity index (χ1v) is 9.49. The molecular formula is C20H28N6O3. The SMILES string of the molecule is COc1cc(NC(=O)Nc2c(C)nc(N3CCN(C)CC3)nc2C)cc(OC)c1. The summed E-state index contributed by atoms with van der Waals surface area (Å²) in [4.78, 5) is 26.2. The topological polar surface area (TPSA) is 91.8 Å². The minimum absolute atomic E-state index is 0.387. The first-order valence-electron chi connectivity index (χ1n) is 9.49. The predicted octanol–water partition coefficient (Wildman–Crippen LogP) is 2.51. The normalized spacial score (nSPS) is 14.4. The van der Waals surface area contributed by atoms with Gasteiger partial charge >= 0.3 is 6.03 Å². The summed E-state index contributed by atoms with van der Waals surface area (Å²) in [5.41, 5.74) is 2.62. The number of aromatic nitrogens is 2. The zero-order chi connectivity index (χ0) is 21.0. The number of carbonyl (C=O) groups excluding carboxylic acids is 1. The van der Waals surface area contributed by atoms with E-state index in [-0.39, 0.29) is 6.03 Å². The van der Waals surface area contributed by atoms with Crippen molar-refractivity contribution >= 4 is 23.4 Å². The molecule has 0 bridgehead atoms. The van der Waals surface area contributed by atoms with Crippen LogP contribution in [0.4, 0.5) is 22.1 Å². The van der Waals surface area contributed by atoms with Crippen LogP contribution in [0.25, 0.3) is 0 Å². The van der Waals surface area contributed by atoms with Crippen molar-refractivity contribution in [2.75, 3.05) is 63.0 Å². The maximum Gasteiger partial charge on any atom is 0.323 e. The van der Waals surface area contributed by atoms with Crippen LogP contribution in [0, 0.1) is 13.8 Å². The summed E-state index contributed by atoms with van der Waals surface area (Å²) in [5.74, 6) is 1.88. The van der Waals surface area contributed by atoms with E-state index in [1.54, 1.807) is 32.4 Å². The van der Waals surface area contributed by atoms with Gasteiger partial charge in [0.2, 0.25) is 5.95 Å². The van der Waals surface area contributed by atoms with E-state index in [1.165, 1.54) is 0 Å². The molecule has 0 saturated carbocycles. The first-order chi connectivity index (χ1) is 13.9. The Labute approximate surface area is 171 Å². The lowest BCUT2D eigenvalue weighted by Gasteiger charge is -2.32. The lowest BCUT2D eigenvalue weighted by molar-refractivity contribution is 0.262. The van der Waals surface area contributed by atoms with Gasteiger partial charge in [0, 0.05) is 50.1 Å². The van der Waals surface area contributed by atoms with E-state index in [4.69, 9.17) is 9.47 Å². The second-order valence-electron chi connectivity index (χ2n) is 7.04. The fourth-order valence-electron chi connectivity index (χ4n) is 3.18. The molecule has 2 heterocycles. The van der Waals surface area contributed by atoms with Crippen LogP contribution in [0.1, 0.15) is 11.4 Å². The van der Waals surface area contributed by atoms with Crippen LogP contribution >= 0.6 is 0 Å². The molecule has 1 fully saturated rings. The molecule has 156 valence electrons. The first kappa shape index (κ1) is 20.7. The molecule has 0 radical (unpaired) electrons. The standard InChI is InChI=1S/C20H28N6O3/c1-13-18(14(2)22-19(21-13)26-8-6-25(3)7-9-26)24-20(27)23-15-10-16(28-4)12-17(11-15)29-5/h10-12H,6-9H2,1-5H3,(H2,23,24,27). The van der Waals surface area contributed by atoms with Crippen LogP contribution in [-0.2, 0) is 0 Å². The number of piperazine rings is 1. The smallest absolute Gasteiger partial charge is 0.323 e. The molecule has 2 amide bonds. The second kappa shape index (κ2) is 8.95. The monoisotopic (exact) mass is 400 g/mol. The third-order valence-corrected chi connectivity index (χ3v) is 4.89. The fraction of sp³-hybridized carbons (Fsp3) is 0.450. The van der Waals surface area contributed by atoms with E-state index >= 15 is 0 Å². The number of aryl methyl sites for hydroxylation is 2. The van der Waals surface area contributed by atoms with Gasteiger partial charge in [0.05, 0.1) is 31.3 Å². The Morgan fingerprint density at radius 2 is 1.48 bits per heavy atom. The molecule has 3 rings (SSSR count). The van der Waals surface area contributed by atoms with Crippen molar-refractivity contribution in [3.63, 3.8) is 0 Å². The van der Waals surface area contributed by atoms with Crippen molar-refractivity contribution in [2.45, 2.75) is 13.8 Å². The van der Waals surface area contributed by atoms with Crippen molar-refractivity contribution in [3.05, 3.63) is 29.6 Å². The number of likely N-dealkylation sites (N-methyl/N-ethyl adjacent to an activating group) is 1. The zero-order valence-corrected chi connectivity index (χ0v) is 17.6. The highest BCUT2D eigenvalue weighted by Crippen LogP contribution is 2.26. The molecule has 2 N–H and O–H groups in total. The average Bonchev–Trinajstić information content (AvgIpc) is 2.70. The van der Waals surface area contributed by atoms with E-state index in [2.05, 4.69) is 37.4 Å². The molecular weight excluding hydrogens is 372 g/mol. The predicted molar refractivity (Wildman–Crippen MR) is 113 cm³/mol. The molecule has 1 aromatic heterocycles. The lowest BCUT2D eigenvalue weighted by Crippen LogP contribution is -2.45. The molecule has 0 atom stereocenters. The summed E-state index contributed by atoms with van der Waals surface area (Å²) in [6.45, 7) is 7.49. The maximum absolute atomic E-state index is 12.5. The highest BCUT2D eigenvalue weighted by Gasteiger charge is 2.19. The van der Waals surface area contributed by atoms with Crippen LogP contribution < -0.4 is 25.0 Å². The summed E-state index contributed by atoms with van der Waals surface area (Å²) in [5, 5.41) is 5.65. The van der Waals surface area contributed by atoms with E-state index in [9.17, 15) is 4.79 Å². The number of amides is 2. The highest BCUT2D eigenvalue weighted by atomic mass is 16.5. The quantitative estimate of drug-likeness (QED) is 0.797. The number of carbonyl (C=O) groups is 1. The summed E-state index contributed by atoms with van der Waals surface area (Å²) < 4.78 is 10.5. The van der Waals surface area contributed by atoms with Gasteiger partial charge in [-0.1, -0.05) is 0 Å². The number of methoxy groups -OCH3 is 2. The molecule has 1 aromatic carbocycles. The van der Waals surface area contributed by atoms with Gasteiger partial charge in [0.25, 0.3) is 0 Å². The number of anilines is 3. The number of hydrogen-bond donors (Lipinski definition) is 2. The van der Waals surface area contributed by atoms with Gasteiger partial charge < -0.3 is 29.9 Å². The third-order valence-electron chi connectivity index (χ3n) is 4.89. The minimum Gasteiger partial charge on any atom is -0.497 e. The molecule has 29 heavy (non-hydrogen) atoms. The van der Waals surface area contributed by atoms with Crippen LogP contribution in [0.5, 0.6) is 11.5 Å². The number of rotatable bonds is 5. The van der Waals surface area contributed by atoms with Gasteiger partial charge in [-0.25, -0.2) is 14.8 Å². The van der Waals surface area contributed by atoms with Crippen LogP contribution in [0.15, 0.2) is 18.2 Å². The van der Waals surface area contributed by atoms with Crippen LogP contribution in [0.2, 0.25) is 0 Å². The second-order valence-corrected chi connectivity index (χ2v) is 7.04. The Hall–Kier alpha value is -3.07. The molecule has 0 unspecified atom stereocenters. The van der Waals surface area contributed by atoms with Gasteiger partial charge in [-0.3, -0.25) is 0 Å². The third kappa shape index (κ3) is 5.05. The number of nitrogens with one attached hydrogen (secondary N) is 2. The summed E-state index contributed by atoms with van der Waals surface area (Å²) in [7, 11) is 5.23. The Morgan fingerprint density at radius 1 is 0.931 bits per heavy atom. The van der Waals surface area contributed by atoms with Gasteiger partial charge in [-0.05, 0) is 20.9 Å². The molecule has 9 nitrogen and oxygen atoms in total. The van der Waals surface area contributed by atoms with E-state index in [0.717, 1.165) is 37.6 Å². The zero-order valence-electron chi connectivity index (χ0n) is 17.6. The Balaban J connectivity index is 1.72. The van der Waals surface area contributed by atoms with E-state index in [1.807, 2.05) is 13.8 Å². The summed E-state index contributed by atoms with van der Waals surface area (Å²) in [6, 6.07) is 4.79. The molecule has 9 heteroatoms. The lowest BCUT2D eigenvalue weighted by atomic mass is 10.2. The molecule has 0 aliphatic carbocycles. The molecule has 1 aliphatic rings. The molecule has 0 spiro atoms. The van der Waals surface area contributed by atoms with Crippen molar-refractivity contribution in [3.8, 4) is 11.5 Å². The van der Waals surface area contributed by atoms with Crippen molar-refractivity contribution < 1.29 is 14.3 Å². The van der Waals surface area contributed by atoms with Crippen molar-refractivity contribution in [1.29, 1.82) is 0 Å². The Bertz CT molecular complexity index is 835. The number of urea groups is 1. The summed E-state index contributed by atoms with van der Waals surface area (Å²) in [6.07, 6.45) is 0. The minimum atomic E-state index is -0.387. The Kier molecular flexibility index (Phi) is 6.38. The van der Waals surface area contributed by atoms with Gasteiger partial charge in [-0.2, -0.15) is 0 Å². The van der Waals surface area contributed by atoms with Gasteiger partial charge in [0.1, 0.15) is 11.5 Å². The number of hydrogen-bond acceptors (Lipinski definition) is 7. The maximum atomic E-state index is 12.5. The van der Waals surface area contributed by atoms with Crippen molar-refractivity contribution in [1.82, 2.24) is 14.9 Å². The van der Waals surface area contributed by atoms with Crippen molar-refractivity contribution in [2.24, 2.45) is 0 Å². The fourth-order valence-corrected chi connectivity index (χ4v) is 3.18. The number of ether oxygens (including phenoxy) is 2. The van der Waals surface area contributed by atoms with Gasteiger partial charge in [0.15, 0.2) is 0 Å². The molecule has 2 aromatic rings. The highest BCUT2D eigenvalue weighted by molar-refractivity contribution is 6.00. The van der Waals surface area contributed by atoms with Crippen LogP contribution in [0.3, 0.4) is 0 Å². The number of benzene rings is 1. The number of nitrogens with zero attached hydrogens (tertiary/aromatic N) is 4. The molecule has 1 saturated heterocycles. The van der Waals surface area contributed by atoms with E-state index < -0.39 is 0 Å². The van der Waals surface area contributed by atoms with Gasteiger partial charge in [-0.15, -0.1) is 0 Å². The van der Waals surface area contributed by atoms with Crippen LogP contribution in [-0.4, -0.2) is 68.3 Å². The average molecular weight is 400 g/mol.